The van der Waals surface area contributed by atoms with Gasteiger partial charge in [-0.05, 0) is 79.7 Å². The molecule has 1 aromatic heterocycles. The number of nitrogens with one attached hydrogen (secondary N) is 1. The molecule has 1 fully saturated rings. The molecule has 0 unspecified atom stereocenters. The van der Waals surface area contributed by atoms with E-state index in [-0.39, 0.29) is 24.0 Å². The van der Waals surface area contributed by atoms with E-state index in [0.717, 1.165) is 6.42 Å². The molecule has 33 heavy (non-hydrogen) atoms. The molecule has 0 aliphatic heterocycles. The number of aliphatic hydroxyl groups is 3. The topological polar surface area (TPSA) is 124 Å². The molecule has 0 spiro atoms. The average molecular weight is 612 g/mol. The second-order valence-corrected chi connectivity index (χ2v) is 13.4. The summed E-state index contributed by atoms with van der Waals surface area (Å²) in [6.07, 6.45) is 9.10. The lowest BCUT2D eigenvalue weighted by Crippen LogP contribution is -2.31. The zero-order chi connectivity index (χ0) is 24.4. The monoisotopic (exact) mass is 611 g/mol. The molecule has 0 saturated heterocycles. The van der Waals surface area contributed by atoms with Crippen LogP contribution < -0.4 is 4.72 Å². The predicted molar refractivity (Wildman–Crippen MR) is 139 cm³/mol. The summed E-state index contributed by atoms with van der Waals surface area (Å²) in [7, 11) is -3.52. The van der Waals surface area contributed by atoms with E-state index in [2.05, 4.69) is 34.7 Å². The lowest BCUT2D eigenvalue weighted by atomic mass is 9.89. The second-order valence-electron chi connectivity index (χ2n) is 8.34. The maximum Gasteiger partial charge on any atom is 0.234 e. The molecule has 5 atom stereocenters. The summed E-state index contributed by atoms with van der Waals surface area (Å²) in [5, 5.41) is 31.0. The summed E-state index contributed by atoms with van der Waals surface area (Å²) in [4.78, 5) is 12.9. The molecule has 1 aromatic rings. The van der Waals surface area contributed by atoms with Gasteiger partial charge in [0.15, 0.2) is 0 Å². The largest absolute Gasteiger partial charge is 0.393 e. The van der Waals surface area contributed by atoms with Crippen LogP contribution in [0.1, 0.15) is 50.3 Å². The van der Waals surface area contributed by atoms with Crippen LogP contribution in [0.4, 0.5) is 0 Å². The van der Waals surface area contributed by atoms with Crippen molar-refractivity contribution in [2.24, 2.45) is 11.8 Å². The highest BCUT2D eigenvalue weighted by molar-refractivity contribution is 14.1. The van der Waals surface area contributed by atoms with Crippen LogP contribution in [0.15, 0.2) is 36.4 Å². The zero-order valence-electron chi connectivity index (χ0n) is 18.8. The number of allylic oxidation sites excluding steroid dienone is 2. The molecule has 0 aromatic carbocycles. The molecular weight excluding hydrogens is 577 g/mol. The highest BCUT2D eigenvalue weighted by atomic mass is 127. The molecule has 10 heteroatoms. The number of amides is 1. The molecule has 1 aliphatic rings. The molecule has 186 valence electrons. The van der Waals surface area contributed by atoms with Crippen molar-refractivity contribution in [1.82, 2.24) is 4.72 Å². The van der Waals surface area contributed by atoms with Crippen molar-refractivity contribution in [3.63, 3.8) is 0 Å². The van der Waals surface area contributed by atoms with Crippen molar-refractivity contribution in [3.05, 3.63) is 44.2 Å². The number of hydrogen-bond donors (Lipinski definition) is 4. The van der Waals surface area contributed by atoms with Gasteiger partial charge in [-0.2, -0.15) is 0 Å². The molecule has 1 heterocycles. The first kappa shape index (κ1) is 28.4. The number of carbonyl (C=O) groups excluding carboxylic acids is 1. The number of hydrogen-bond acceptors (Lipinski definition) is 7. The molecule has 1 saturated carbocycles. The Bertz CT molecular complexity index is 914. The third kappa shape index (κ3) is 10.2. The number of aliphatic hydroxyl groups excluding tert-OH is 3. The first-order chi connectivity index (χ1) is 15.6. The van der Waals surface area contributed by atoms with Gasteiger partial charge in [-0.3, -0.25) is 9.52 Å². The van der Waals surface area contributed by atoms with E-state index in [9.17, 15) is 28.5 Å². The van der Waals surface area contributed by atoms with Crippen molar-refractivity contribution >= 4 is 49.9 Å². The lowest BCUT2D eigenvalue weighted by Gasteiger charge is -2.19. The van der Waals surface area contributed by atoms with Gasteiger partial charge in [0.1, 0.15) is 0 Å². The number of carbonyl (C=O) groups is 1. The standard InChI is InChI=1S/C23H34INO6S2/c1-2-33(30,31)25-23(29)8-6-4-3-5-7-18-19(21(28)15-20(18)27)13-10-16(26)9-11-17-12-14-22(24)32-17/h3,5,10,12-14,16,18-21,26-28H,2,4,6-9,11,15H2,1H3,(H,25,29)/b5-3-,13-10+/t16-,18+,19+,20-,21+/m0/s1. The minimum Gasteiger partial charge on any atom is -0.393 e. The molecule has 0 radical (unpaired) electrons. The van der Waals surface area contributed by atoms with E-state index in [0.29, 0.717) is 32.1 Å². The van der Waals surface area contributed by atoms with Gasteiger partial charge in [0.05, 0.1) is 26.9 Å². The van der Waals surface area contributed by atoms with E-state index in [1.54, 1.807) is 17.4 Å². The fourth-order valence-electron chi connectivity index (χ4n) is 3.88. The summed E-state index contributed by atoms with van der Waals surface area (Å²) in [5.41, 5.74) is 0. The highest BCUT2D eigenvalue weighted by Gasteiger charge is 2.39. The lowest BCUT2D eigenvalue weighted by molar-refractivity contribution is -0.119. The maximum absolute atomic E-state index is 11.6. The number of unbranched alkanes of at least 4 members (excludes halogenated alkanes) is 1. The summed E-state index contributed by atoms with van der Waals surface area (Å²) in [6.45, 7) is 1.47. The number of sulfonamides is 1. The van der Waals surface area contributed by atoms with E-state index in [4.69, 9.17) is 0 Å². The third-order valence-electron chi connectivity index (χ3n) is 5.79. The van der Waals surface area contributed by atoms with Gasteiger partial charge in [-0.25, -0.2) is 8.42 Å². The van der Waals surface area contributed by atoms with Crippen molar-refractivity contribution in [1.29, 1.82) is 0 Å². The summed E-state index contributed by atoms with van der Waals surface area (Å²) < 4.78 is 26.0. The normalized spacial score (nSPS) is 24.6. The fourth-order valence-corrected chi connectivity index (χ4v) is 6.25. The summed E-state index contributed by atoms with van der Waals surface area (Å²) in [5.74, 6) is -1.00. The van der Waals surface area contributed by atoms with E-state index in [1.165, 1.54) is 14.7 Å². The fraction of sp³-hybridized carbons (Fsp3) is 0.609. The first-order valence-electron chi connectivity index (χ1n) is 11.3. The van der Waals surface area contributed by atoms with Crippen molar-refractivity contribution in [2.45, 2.75) is 70.2 Å². The highest BCUT2D eigenvalue weighted by Crippen LogP contribution is 2.36. The van der Waals surface area contributed by atoms with Crippen LogP contribution in [-0.4, -0.2) is 53.7 Å². The quantitative estimate of drug-likeness (QED) is 0.155. The van der Waals surface area contributed by atoms with Gasteiger partial charge in [0, 0.05) is 23.6 Å². The number of aryl methyl sites for hydroxylation is 1. The van der Waals surface area contributed by atoms with Crippen LogP contribution in [0.2, 0.25) is 0 Å². The third-order valence-corrected chi connectivity index (χ3v) is 9.04. The van der Waals surface area contributed by atoms with Gasteiger partial charge >= 0.3 is 0 Å². The smallest absolute Gasteiger partial charge is 0.234 e. The van der Waals surface area contributed by atoms with Crippen LogP contribution in [0.25, 0.3) is 0 Å². The Labute approximate surface area is 214 Å². The average Bonchev–Trinajstić information content (AvgIpc) is 3.28. The van der Waals surface area contributed by atoms with Crippen molar-refractivity contribution < 1.29 is 28.5 Å². The maximum atomic E-state index is 11.6. The van der Waals surface area contributed by atoms with Crippen molar-refractivity contribution in [3.8, 4) is 0 Å². The Morgan fingerprint density at radius 2 is 2.06 bits per heavy atom. The van der Waals surface area contributed by atoms with E-state index >= 15 is 0 Å². The Hall–Kier alpha value is -0.790. The molecule has 1 aliphatic carbocycles. The minimum absolute atomic E-state index is 0.127. The van der Waals surface area contributed by atoms with Gasteiger partial charge < -0.3 is 15.3 Å². The molecule has 7 nitrogen and oxygen atoms in total. The number of rotatable bonds is 13. The summed E-state index contributed by atoms with van der Waals surface area (Å²) >= 11 is 3.99. The second kappa shape index (κ2) is 13.9. The molecule has 2 rings (SSSR count). The molecule has 1 amide bonds. The van der Waals surface area contributed by atoms with Crippen LogP contribution in [0, 0.1) is 14.7 Å². The Kier molecular flexibility index (Phi) is 12.0. The van der Waals surface area contributed by atoms with E-state index < -0.39 is 34.2 Å². The van der Waals surface area contributed by atoms with Crippen LogP contribution in [0.5, 0.6) is 0 Å². The Morgan fingerprint density at radius 3 is 2.73 bits per heavy atom. The van der Waals surface area contributed by atoms with Gasteiger partial charge in [0.2, 0.25) is 15.9 Å². The molecule has 4 N–H and O–H groups in total. The van der Waals surface area contributed by atoms with Gasteiger partial charge in [-0.1, -0.05) is 24.3 Å². The van der Waals surface area contributed by atoms with Gasteiger partial charge in [-0.15, -0.1) is 11.3 Å². The van der Waals surface area contributed by atoms with Crippen LogP contribution in [0.3, 0.4) is 0 Å². The molecule has 0 bridgehead atoms. The number of halogens is 1. The minimum atomic E-state index is -3.52. The summed E-state index contributed by atoms with van der Waals surface area (Å²) in [6, 6.07) is 4.13. The zero-order valence-corrected chi connectivity index (χ0v) is 22.6. The SMILES string of the molecule is CCS(=O)(=O)NC(=O)CCC/C=C\C[C@@H]1[C@@H](/C=C/[C@@H](O)CCc2ccc(I)s2)[C@H](O)C[C@@H]1O. The van der Waals surface area contributed by atoms with Crippen LogP contribution >= 0.6 is 33.9 Å². The predicted octanol–water partition coefficient (Wildman–Crippen LogP) is 3.14. The number of thiophene rings is 1. The first-order valence-corrected chi connectivity index (χ1v) is 14.8. The Balaban J connectivity index is 1.76. The van der Waals surface area contributed by atoms with Gasteiger partial charge in [0.25, 0.3) is 0 Å². The molecular formula is C23H34INO6S2. The van der Waals surface area contributed by atoms with E-state index in [1.807, 2.05) is 23.0 Å². The Morgan fingerprint density at radius 1 is 1.30 bits per heavy atom. The van der Waals surface area contributed by atoms with Crippen molar-refractivity contribution in [2.75, 3.05) is 5.75 Å². The van der Waals surface area contributed by atoms with Crippen LogP contribution in [-0.2, 0) is 21.2 Å².